The van der Waals surface area contributed by atoms with Gasteiger partial charge in [-0.3, -0.25) is 4.79 Å². The maximum atomic E-state index is 12.6. The Morgan fingerprint density at radius 3 is 2.00 bits per heavy atom. The van der Waals surface area contributed by atoms with Crippen LogP contribution in [0.1, 0.15) is 40.0 Å². The largest absolute Gasteiger partial charge is 0.415 e. The Balaban J connectivity index is 2.65. The number of alkyl halides is 3. The predicted molar refractivity (Wildman–Crippen MR) is 62.8 cm³/mol. The molecule has 1 rings (SSSR count). The first-order valence-corrected chi connectivity index (χ1v) is 6.20. The maximum absolute atomic E-state index is 12.6. The third-order valence-corrected chi connectivity index (χ3v) is 3.57. The van der Waals surface area contributed by atoms with Crippen molar-refractivity contribution in [2.45, 2.75) is 57.8 Å². The van der Waals surface area contributed by atoms with Crippen LogP contribution in [0.25, 0.3) is 0 Å². The number of carbonyl (C=O) groups is 1. The van der Waals surface area contributed by atoms with Crippen LogP contribution < -0.4 is 11.1 Å². The van der Waals surface area contributed by atoms with Crippen molar-refractivity contribution < 1.29 is 18.0 Å². The molecule has 1 saturated carbocycles. The Bertz CT molecular complexity index is 305. The number of amides is 1. The van der Waals surface area contributed by atoms with Crippen LogP contribution in [-0.4, -0.2) is 23.7 Å². The monoisotopic (exact) mass is 266 g/mol. The van der Waals surface area contributed by atoms with E-state index in [1.807, 2.05) is 13.8 Å². The van der Waals surface area contributed by atoms with Gasteiger partial charge in [0.25, 0.3) is 0 Å². The van der Waals surface area contributed by atoms with Crippen molar-refractivity contribution >= 4 is 5.91 Å². The molecule has 0 aromatic carbocycles. The summed E-state index contributed by atoms with van der Waals surface area (Å²) in [6.45, 7) is 4.79. The Hall–Kier alpha value is -0.780. The molecule has 1 aliphatic carbocycles. The molecule has 1 amide bonds. The number of rotatable bonds is 2. The minimum absolute atomic E-state index is 0.207. The van der Waals surface area contributed by atoms with Gasteiger partial charge in [0.1, 0.15) is 0 Å². The van der Waals surface area contributed by atoms with Gasteiger partial charge in [-0.15, -0.1) is 0 Å². The van der Waals surface area contributed by atoms with Crippen LogP contribution in [0.15, 0.2) is 0 Å². The highest BCUT2D eigenvalue weighted by Gasteiger charge is 2.54. The number of carbonyl (C=O) groups excluding carboxylic acids is 1. The first-order valence-electron chi connectivity index (χ1n) is 6.20. The van der Waals surface area contributed by atoms with Gasteiger partial charge in [0, 0.05) is 6.04 Å². The van der Waals surface area contributed by atoms with E-state index in [-0.39, 0.29) is 6.04 Å². The molecule has 3 nitrogen and oxygen atoms in total. The second-order valence-electron chi connectivity index (χ2n) is 5.79. The minimum atomic E-state index is -4.73. The fourth-order valence-electron chi connectivity index (χ4n) is 2.53. The van der Waals surface area contributed by atoms with Crippen LogP contribution in [0.2, 0.25) is 0 Å². The molecule has 0 radical (unpaired) electrons. The van der Waals surface area contributed by atoms with Crippen LogP contribution in [0.4, 0.5) is 13.2 Å². The maximum Gasteiger partial charge on any atom is 0.415 e. The summed E-state index contributed by atoms with van der Waals surface area (Å²) in [5.41, 5.74) is 2.26. The van der Waals surface area contributed by atoms with Gasteiger partial charge in [-0.1, -0.05) is 13.8 Å². The van der Waals surface area contributed by atoms with Gasteiger partial charge >= 0.3 is 6.18 Å². The molecule has 0 aromatic rings. The molecule has 3 unspecified atom stereocenters. The fourth-order valence-corrected chi connectivity index (χ4v) is 2.53. The quantitative estimate of drug-likeness (QED) is 0.805. The first kappa shape index (κ1) is 15.3. The second-order valence-corrected chi connectivity index (χ2v) is 5.79. The molecule has 106 valence electrons. The molecule has 1 fully saturated rings. The lowest BCUT2D eigenvalue weighted by Gasteiger charge is -2.34. The summed E-state index contributed by atoms with van der Waals surface area (Å²) in [6, 6.07) is -0.207. The highest BCUT2D eigenvalue weighted by molar-refractivity contribution is 5.86. The van der Waals surface area contributed by atoms with E-state index in [0.29, 0.717) is 31.6 Å². The van der Waals surface area contributed by atoms with Crippen molar-refractivity contribution in [2.24, 2.45) is 17.6 Å². The summed E-state index contributed by atoms with van der Waals surface area (Å²) < 4.78 is 37.8. The lowest BCUT2D eigenvalue weighted by atomic mass is 9.80. The Labute approximate surface area is 105 Å². The van der Waals surface area contributed by atoms with E-state index < -0.39 is 17.6 Å². The number of hydrogen-bond donors (Lipinski definition) is 2. The van der Waals surface area contributed by atoms with Gasteiger partial charge in [-0.2, -0.15) is 13.2 Å². The second kappa shape index (κ2) is 5.07. The van der Waals surface area contributed by atoms with Crippen LogP contribution in [-0.2, 0) is 4.79 Å². The van der Waals surface area contributed by atoms with Crippen molar-refractivity contribution in [3.05, 3.63) is 0 Å². The molecule has 0 heterocycles. The topological polar surface area (TPSA) is 55.1 Å². The predicted octanol–water partition coefficient (Wildman–Crippen LogP) is 2.21. The van der Waals surface area contributed by atoms with E-state index in [1.165, 1.54) is 0 Å². The third-order valence-electron chi connectivity index (χ3n) is 3.57. The molecular formula is C12H21F3N2O. The van der Waals surface area contributed by atoms with E-state index in [2.05, 4.69) is 5.32 Å². The van der Waals surface area contributed by atoms with Gasteiger partial charge in [0.05, 0.1) is 0 Å². The molecular weight excluding hydrogens is 245 g/mol. The summed E-state index contributed by atoms with van der Waals surface area (Å²) in [4.78, 5) is 11.6. The molecule has 18 heavy (non-hydrogen) atoms. The third kappa shape index (κ3) is 3.37. The average Bonchev–Trinajstić information content (AvgIpc) is 2.13. The summed E-state index contributed by atoms with van der Waals surface area (Å²) in [5, 5.41) is 2.44. The molecule has 1 aliphatic rings. The van der Waals surface area contributed by atoms with Gasteiger partial charge in [0.2, 0.25) is 5.91 Å². The SMILES string of the molecule is CC1CC(C)CC(NC(=O)C(C)(N)C(F)(F)F)C1. The normalized spacial score (nSPS) is 32.7. The van der Waals surface area contributed by atoms with Gasteiger partial charge in [0.15, 0.2) is 5.54 Å². The van der Waals surface area contributed by atoms with Crippen LogP contribution in [0, 0.1) is 11.8 Å². The smallest absolute Gasteiger partial charge is 0.351 e. The molecule has 0 aromatic heterocycles. The van der Waals surface area contributed by atoms with E-state index in [9.17, 15) is 18.0 Å². The molecule has 0 bridgehead atoms. The van der Waals surface area contributed by atoms with Crippen molar-refractivity contribution in [3.63, 3.8) is 0 Å². The zero-order chi connectivity index (χ0) is 14.1. The Morgan fingerprint density at radius 1 is 1.17 bits per heavy atom. The van der Waals surface area contributed by atoms with Crippen molar-refractivity contribution in [1.29, 1.82) is 0 Å². The van der Waals surface area contributed by atoms with Crippen molar-refractivity contribution in [2.75, 3.05) is 0 Å². The van der Waals surface area contributed by atoms with Crippen LogP contribution in [0.3, 0.4) is 0 Å². The lowest BCUT2D eigenvalue weighted by molar-refractivity contribution is -0.188. The van der Waals surface area contributed by atoms with E-state index in [4.69, 9.17) is 5.73 Å². The molecule has 0 aliphatic heterocycles. The Morgan fingerprint density at radius 2 is 1.61 bits per heavy atom. The molecule has 6 heteroatoms. The highest BCUT2D eigenvalue weighted by Crippen LogP contribution is 2.31. The van der Waals surface area contributed by atoms with Gasteiger partial charge < -0.3 is 11.1 Å². The Kier molecular flexibility index (Phi) is 4.30. The minimum Gasteiger partial charge on any atom is -0.351 e. The zero-order valence-electron chi connectivity index (χ0n) is 11.0. The first-order chi connectivity index (χ1) is 8.04. The highest BCUT2D eigenvalue weighted by atomic mass is 19.4. The fraction of sp³-hybridized carbons (Fsp3) is 0.917. The van der Waals surface area contributed by atoms with Gasteiger partial charge in [-0.25, -0.2) is 0 Å². The van der Waals surface area contributed by atoms with Crippen LogP contribution in [0.5, 0.6) is 0 Å². The molecule has 3 N–H and O–H groups in total. The standard InChI is InChI=1S/C12H21F3N2O/c1-7-4-8(2)6-9(5-7)17-10(18)11(3,16)12(13,14)15/h7-9H,4-6,16H2,1-3H3,(H,17,18). The number of nitrogens with one attached hydrogen (secondary N) is 1. The average molecular weight is 266 g/mol. The lowest BCUT2D eigenvalue weighted by Crippen LogP contribution is -2.63. The van der Waals surface area contributed by atoms with Crippen molar-refractivity contribution in [3.8, 4) is 0 Å². The number of halogens is 3. The summed E-state index contributed by atoms with van der Waals surface area (Å²) in [6.07, 6.45) is -2.26. The number of hydrogen-bond acceptors (Lipinski definition) is 2. The van der Waals surface area contributed by atoms with Gasteiger partial charge in [-0.05, 0) is 38.0 Å². The van der Waals surface area contributed by atoms with Crippen molar-refractivity contribution in [1.82, 2.24) is 5.32 Å². The summed E-state index contributed by atoms with van der Waals surface area (Å²) in [7, 11) is 0. The summed E-state index contributed by atoms with van der Waals surface area (Å²) in [5.74, 6) is -0.316. The summed E-state index contributed by atoms with van der Waals surface area (Å²) >= 11 is 0. The van der Waals surface area contributed by atoms with E-state index >= 15 is 0 Å². The van der Waals surface area contributed by atoms with E-state index in [1.54, 1.807) is 0 Å². The van der Waals surface area contributed by atoms with E-state index in [0.717, 1.165) is 6.42 Å². The molecule has 3 atom stereocenters. The number of nitrogens with two attached hydrogens (primary N) is 1. The molecule has 0 spiro atoms. The zero-order valence-corrected chi connectivity index (χ0v) is 11.0. The van der Waals surface area contributed by atoms with Crippen LogP contribution >= 0.6 is 0 Å². The molecule has 0 saturated heterocycles.